The molecule has 1 aliphatic heterocycles. The van der Waals surface area contributed by atoms with Gasteiger partial charge >= 0.3 is 12.1 Å². The lowest BCUT2D eigenvalue weighted by Gasteiger charge is -2.35. The summed E-state index contributed by atoms with van der Waals surface area (Å²) in [5.41, 5.74) is -1.05. The molecule has 0 aromatic heterocycles. The van der Waals surface area contributed by atoms with Gasteiger partial charge in [-0.1, -0.05) is 18.2 Å². The molecule has 2 rings (SSSR count). The van der Waals surface area contributed by atoms with E-state index in [1.54, 1.807) is 0 Å². The SMILES string of the molecule is COC(=O)CN1CCNC(=O)[C@@H]1c1ccccc1C(F)(F)F. The third-order valence-corrected chi connectivity index (χ3v) is 3.43. The van der Waals surface area contributed by atoms with Gasteiger partial charge in [-0.2, -0.15) is 13.2 Å². The van der Waals surface area contributed by atoms with Gasteiger partial charge in [-0.3, -0.25) is 14.5 Å². The minimum Gasteiger partial charge on any atom is -0.468 e. The first-order valence-corrected chi connectivity index (χ1v) is 6.59. The first-order valence-electron chi connectivity index (χ1n) is 6.59. The Hall–Kier alpha value is -2.09. The zero-order valence-corrected chi connectivity index (χ0v) is 11.8. The van der Waals surface area contributed by atoms with E-state index in [0.29, 0.717) is 0 Å². The maximum atomic E-state index is 13.1. The topological polar surface area (TPSA) is 58.6 Å². The zero-order chi connectivity index (χ0) is 16.3. The van der Waals surface area contributed by atoms with Crippen molar-refractivity contribution in [3.8, 4) is 0 Å². The van der Waals surface area contributed by atoms with Crippen LogP contribution in [0.25, 0.3) is 0 Å². The van der Waals surface area contributed by atoms with E-state index in [9.17, 15) is 22.8 Å². The zero-order valence-electron chi connectivity index (χ0n) is 11.8. The molecule has 1 fully saturated rings. The maximum Gasteiger partial charge on any atom is 0.416 e. The summed E-state index contributed by atoms with van der Waals surface area (Å²) < 4.78 is 44.0. The summed E-state index contributed by atoms with van der Waals surface area (Å²) in [6.07, 6.45) is -4.58. The summed E-state index contributed by atoms with van der Waals surface area (Å²) in [6.45, 7) is 0.277. The summed E-state index contributed by atoms with van der Waals surface area (Å²) in [7, 11) is 1.19. The number of carbonyl (C=O) groups excluding carboxylic acids is 2. The molecule has 120 valence electrons. The van der Waals surface area contributed by atoms with E-state index in [4.69, 9.17) is 0 Å². The first-order chi connectivity index (χ1) is 10.3. The molecule has 0 saturated carbocycles. The molecule has 1 aromatic rings. The second-order valence-corrected chi connectivity index (χ2v) is 4.83. The van der Waals surface area contributed by atoms with Gasteiger partial charge in [0.2, 0.25) is 5.91 Å². The minimum atomic E-state index is -4.58. The van der Waals surface area contributed by atoms with Gasteiger partial charge in [0.25, 0.3) is 0 Å². The number of benzene rings is 1. The molecule has 1 N–H and O–H groups in total. The Morgan fingerprint density at radius 2 is 2.09 bits per heavy atom. The largest absolute Gasteiger partial charge is 0.468 e. The minimum absolute atomic E-state index is 0.170. The van der Waals surface area contributed by atoms with Crippen LogP contribution in [-0.2, 0) is 20.5 Å². The highest BCUT2D eigenvalue weighted by Crippen LogP contribution is 2.36. The van der Waals surface area contributed by atoms with Gasteiger partial charge in [-0.05, 0) is 11.6 Å². The van der Waals surface area contributed by atoms with Crippen molar-refractivity contribution < 1.29 is 27.5 Å². The maximum absolute atomic E-state index is 13.1. The fourth-order valence-corrected chi connectivity index (χ4v) is 2.45. The van der Waals surface area contributed by atoms with Crippen LogP contribution in [0.15, 0.2) is 24.3 Å². The predicted octanol–water partition coefficient (Wildman–Crippen LogP) is 1.35. The van der Waals surface area contributed by atoms with Crippen molar-refractivity contribution in [1.82, 2.24) is 10.2 Å². The summed E-state index contributed by atoms with van der Waals surface area (Å²) in [6, 6.07) is 3.70. The highest BCUT2D eigenvalue weighted by molar-refractivity contribution is 5.85. The van der Waals surface area contributed by atoms with Gasteiger partial charge < -0.3 is 10.1 Å². The van der Waals surface area contributed by atoms with E-state index in [0.717, 1.165) is 6.07 Å². The van der Waals surface area contributed by atoms with Crippen LogP contribution in [0.1, 0.15) is 17.2 Å². The van der Waals surface area contributed by atoms with Crippen LogP contribution in [0.2, 0.25) is 0 Å². The molecule has 1 heterocycles. The van der Waals surface area contributed by atoms with Crippen LogP contribution in [0.3, 0.4) is 0 Å². The average molecular weight is 316 g/mol. The number of hydrogen-bond acceptors (Lipinski definition) is 4. The number of amides is 1. The number of esters is 1. The van der Waals surface area contributed by atoms with E-state index in [1.807, 2.05) is 0 Å². The Labute approximate surface area is 125 Å². The third kappa shape index (κ3) is 3.38. The summed E-state index contributed by atoms with van der Waals surface area (Å²) in [4.78, 5) is 24.9. The number of nitrogens with one attached hydrogen (secondary N) is 1. The molecule has 0 spiro atoms. The molecule has 1 atom stereocenters. The molecule has 0 radical (unpaired) electrons. The van der Waals surface area contributed by atoms with Crippen LogP contribution in [0.5, 0.6) is 0 Å². The number of rotatable bonds is 3. The molecular weight excluding hydrogens is 301 g/mol. The Morgan fingerprint density at radius 1 is 1.41 bits per heavy atom. The van der Waals surface area contributed by atoms with Crippen molar-refractivity contribution in [3.05, 3.63) is 35.4 Å². The smallest absolute Gasteiger partial charge is 0.416 e. The quantitative estimate of drug-likeness (QED) is 0.855. The Kier molecular flexibility index (Phi) is 4.70. The number of carbonyl (C=O) groups is 2. The van der Waals surface area contributed by atoms with Crippen LogP contribution in [-0.4, -0.2) is 43.5 Å². The summed E-state index contributed by atoms with van der Waals surface area (Å²) >= 11 is 0. The second kappa shape index (κ2) is 6.35. The van der Waals surface area contributed by atoms with Gasteiger partial charge in [0.05, 0.1) is 19.2 Å². The highest BCUT2D eigenvalue weighted by Gasteiger charge is 2.40. The predicted molar refractivity (Wildman–Crippen MR) is 70.8 cm³/mol. The van der Waals surface area contributed by atoms with Gasteiger partial charge in [-0.25, -0.2) is 0 Å². The van der Waals surface area contributed by atoms with Crippen molar-refractivity contribution in [2.45, 2.75) is 12.2 Å². The fraction of sp³-hybridized carbons (Fsp3) is 0.429. The lowest BCUT2D eigenvalue weighted by molar-refractivity contribution is -0.145. The number of alkyl halides is 3. The van der Waals surface area contributed by atoms with Crippen molar-refractivity contribution >= 4 is 11.9 Å². The van der Waals surface area contributed by atoms with Crippen LogP contribution >= 0.6 is 0 Å². The van der Waals surface area contributed by atoms with Crippen LogP contribution in [0.4, 0.5) is 13.2 Å². The molecule has 0 bridgehead atoms. The number of methoxy groups -OCH3 is 1. The molecule has 8 heteroatoms. The van der Waals surface area contributed by atoms with Crippen molar-refractivity contribution in [3.63, 3.8) is 0 Å². The summed E-state index contributed by atoms with van der Waals surface area (Å²) in [5.74, 6) is -1.17. The van der Waals surface area contributed by atoms with Crippen molar-refractivity contribution in [2.75, 3.05) is 26.7 Å². The molecule has 0 unspecified atom stereocenters. The average Bonchev–Trinajstić information content (AvgIpc) is 2.46. The van der Waals surface area contributed by atoms with Gasteiger partial charge in [0.1, 0.15) is 6.04 Å². The molecule has 22 heavy (non-hydrogen) atoms. The lowest BCUT2D eigenvalue weighted by Crippen LogP contribution is -2.51. The van der Waals surface area contributed by atoms with Crippen molar-refractivity contribution in [1.29, 1.82) is 0 Å². The van der Waals surface area contributed by atoms with E-state index in [-0.39, 0.29) is 25.2 Å². The fourth-order valence-electron chi connectivity index (χ4n) is 2.45. The number of nitrogens with zero attached hydrogens (tertiary/aromatic N) is 1. The third-order valence-electron chi connectivity index (χ3n) is 3.43. The molecule has 1 amide bonds. The van der Waals surface area contributed by atoms with Gasteiger partial charge in [0.15, 0.2) is 0 Å². The molecule has 1 saturated heterocycles. The number of ether oxygens (including phenoxy) is 1. The molecule has 1 aromatic carbocycles. The molecular formula is C14H15F3N2O3. The van der Waals surface area contributed by atoms with Gasteiger partial charge in [-0.15, -0.1) is 0 Å². The normalized spacial score (nSPS) is 19.6. The van der Waals surface area contributed by atoms with Crippen LogP contribution in [0, 0.1) is 0 Å². The Bertz CT molecular complexity index is 575. The number of halogens is 3. The molecule has 1 aliphatic rings. The molecule has 5 nitrogen and oxygen atoms in total. The monoisotopic (exact) mass is 316 g/mol. The van der Waals surface area contributed by atoms with Crippen molar-refractivity contribution in [2.24, 2.45) is 0 Å². The summed E-state index contributed by atoms with van der Waals surface area (Å²) in [5, 5.41) is 2.53. The first kappa shape index (κ1) is 16.3. The van der Waals surface area contributed by atoms with E-state index >= 15 is 0 Å². The second-order valence-electron chi connectivity index (χ2n) is 4.83. The lowest BCUT2D eigenvalue weighted by atomic mass is 9.96. The van der Waals surface area contributed by atoms with E-state index < -0.39 is 29.7 Å². The van der Waals surface area contributed by atoms with Crippen LogP contribution < -0.4 is 5.32 Å². The van der Waals surface area contributed by atoms with E-state index in [1.165, 1.54) is 30.2 Å². The number of piperazine rings is 1. The van der Waals surface area contributed by atoms with E-state index in [2.05, 4.69) is 10.1 Å². The Balaban J connectivity index is 2.42. The molecule has 0 aliphatic carbocycles. The van der Waals surface area contributed by atoms with Gasteiger partial charge in [0, 0.05) is 13.1 Å². The highest BCUT2D eigenvalue weighted by atomic mass is 19.4. The Morgan fingerprint density at radius 3 is 2.73 bits per heavy atom. The standard InChI is InChI=1S/C14H15F3N2O3/c1-22-11(20)8-19-7-6-18-13(21)12(19)9-4-2-3-5-10(9)14(15,16)17/h2-5,12H,6-8H2,1H3,(H,18,21)/t12-/m0/s1. The number of hydrogen-bond donors (Lipinski definition) is 1.